The van der Waals surface area contributed by atoms with E-state index in [1.807, 2.05) is 0 Å². The van der Waals surface area contributed by atoms with Crippen LogP contribution >= 0.6 is 0 Å². The van der Waals surface area contributed by atoms with Crippen LogP contribution in [0, 0.1) is 6.92 Å². The lowest BCUT2D eigenvalue weighted by Gasteiger charge is -2.17. The first kappa shape index (κ1) is 14.4. The second-order valence-corrected chi connectivity index (χ2v) is 6.79. The van der Waals surface area contributed by atoms with Crippen LogP contribution in [0.15, 0.2) is 10.6 Å². The minimum atomic E-state index is -3.45. The first-order valence-electron chi connectivity index (χ1n) is 5.97. The van der Waals surface area contributed by atoms with E-state index in [-0.39, 0.29) is 18.4 Å². The predicted molar refractivity (Wildman–Crippen MR) is 66.8 cm³/mol. The van der Waals surface area contributed by atoms with Gasteiger partial charge >= 0.3 is 0 Å². The van der Waals surface area contributed by atoms with E-state index in [1.54, 1.807) is 26.8 Å². The minimum absolute atomic E-state index is 0.183. The Morgan fingerprint density at radius 1 is 1.53 bits per heavy atom. The van der Waals surface area contributed by atoms with Gasteiger partial charge in [0.15, 0.2) is 5.79 Å². The van der Waals surface area contributed by atoms with E-state index in [2.05, 4.69) is 9.88 Å². The highest BCUT2D eigenvalue weighted by Gasteiger charge is 2.33. The highest BCUT2D eigenvalue weighted by Crippen LogP contribution is 2.21. The number of rotatable bonds is 5. The van der Waals surface area contributed by atoms with Gasteiger partial charge in [-0.05, 0) is 20.8 Å². The van der Waals surface area contributed by atoms with Gasteiger partial charge in [-0.15, -0.1) is 0 Å². The summed E-state index contributed by atoms with van der Waals surface area (Å²) in [6.07, 6.45) is -0.274. The number of hydrogen-bond donors (Lipinski definition) is 1. The first-order valence-corrected chi connectivity index (χ1v) is 7.62. The molecular formula is C11H18N2O5S. The molecule has 1 atom stereocenters. The molecule has 7 nitrogen and oxygen atoms in total. The zero-order chi connectivity index (χ0) is 14.1. The Balaban J connectivity index is 1.85. The molecule has 1 saturated heterocycles. The zero-order valence-corrected chi connectivity index (χ0v) is 12.0. The third-order valence-corrected chi connectivity index (χ3v) is 3.90. The number of nitrogens with zero attached hydrogens (tertiary/aromatic N) is 1. The van der Waals surface area contributed by atoms with Gasteiger partial charge in [0.25, 0.3) is 0 Å². The molecule has 1 fully saturated rings. The Morgan fingerprint density at radius 2 is 2.26 bits per heavy atom. The van der Waals surface area contributed by atoms with Crippen molar-refractivity contribution in [3.8, 4) is 0 Å². The molecule has 1 aliphatic heterocycles. The molecule has 19 heavy (non-hydrogen) atoms. The Hall–Kier alpha value is -0.960. The summed E-state index contributed by atoms with van der Waals surface area (Å²) in [7, 11) is -3.45. The lowest BCUT2D eigenvalue weighted by atomic mass is 10.4. The monoisotopic (exact) mass is 290 g/mol. The van der Waals surface area contributed by atoms with Crippen molar-refractivity contribution in [1.29, 1.82) is 0 Å². The van der Waals surface area contributed by atoms with Crippen LogP contribution in [0.2, 0.25) is 0 Å². The van der Waals surface area contributed by atoms with Crippen molar-refractivity contribution in [2.45, 2.75) is 38.4 Å². The topological polar surface area (TPSA) is 90.7 Å². The van der Waals surface area contributed by atoms with Crippen molar-refractivity contribution < 1.29 is 22.4 Å². The van der Waals surface area contributed by atoms with Crippen LogP contribution in [0.1, 0.15) is 25.3 Å². The maximum Gasteiger partial charge on any atom is 0.217 e. The molecule has 0 spiro atoms. The largest absolute Gasteiger partial charge is 0.361 e. The molecule has 1 unspecified atom stereocenters. The number of nitrogens with one attached hydrogen (secondary N) is 1. The second kappa shape index (κ2) is 5.20. The second-order valence-electron chi connectivity index (χ2n) is 4.99. The van der Waals surface area contributed by atoms with Gasteiger partial charge in [0.1, 0.15) is 17.2 Å². The molecule has 2 rings (SSSR count). The van der Waals surface area contributed by atoms with Crippen LogP contribution in [0.3, 0.4) is 0 Å². The van der Waals surface area contributed by atoms with Crippen molar-refractivity contribution in [3.05, 3.63) is 17.5 Å². The van der Waals surface area contributed by atoms with Gasteiger partial charge < -0.3 is 14.0 Å². The molecule has 0 aromatic carbocycles. The normalized spacial score (nSPS) is 22.8. The van der Waals surface area contributed by atoms with E-state index >= 15 is 0 Å². The SMILES string of the molecule is Cc1cc(CS(=O)(=O)NCC2COC(C)(C)O2)no1. The van der Waals surface area contributed by atoms with Crippen LogP contribution < -0.4 is 4.72 Å². The van der Waals surface area contributed by atoms with Gasteiger partial charge in [-0.2, -0.15) is 0 Å². The fourth-order valence-electron chi connectivity index (χ4n) is 1.82. The third kappa shape index (κ3) is 4.27. The first-order chi connectivity index (χ1) is 8.76. The molecule has 1 aromatic rings. The lowest BCUT2D eigenvalue weighted by molar-refractivity contribution is -0.137. The Morgan fingerprint density at radius 3 is 2.79 bits per heavy atom. The van der Waals surface area contributed by atoms with Crippen molar-refractivity contribution in [3.63, 3.8) is 0 Å². The van der Waals surface area contributed by atoms with Gasteiger partial charge in [-0.1, -0.05) is 5.16 Å². The van der Waals surface area contributed by atoms with Gasteiger partial charge in [0, 0.05) is 12.6 Å². The fourth-order valence-corrected chi connectivity index (χ4v) is 2.88. The van der Waals surface area contributed by atoms with Crippen molar-refractivity contribution in [2.24, 2.45) is 0 Å². The van der Waals surface area contributed by atoms with Crippen LogP contribution in [0.25, 0.3) is 0 Å². The maximum absolute atomic E-state index is 11.8. The van der Waals surface area contributed by atoms with Crippen molar-refractivity contribution in [1.82, 2.24) is 9.88 Å². The van der Waals surface area contributed by atoms with Crippen LogP contribution in [0.4, 0.5) is 0 Å². The summed E-state index contributed by atoms with van der Waals surface area (Å²) in [4.78, 5) is 0. The molecule has 108 valence electrons. The summed E-state index contributed by atoms with van der Waals surface area (Å²) in [5.74, 6) is -0.278. The molecule has 1 N–H and O–H groups in total. The molecule has 0 radical (unpaired) electrons. The van der Waals surface area contributed by atoms with E-state index in [1.165, 1.54) is 0 Å². The van der Waals surface area contributed by atoms with Crippen molar-refractivity contribution in [2.75, 3.05) is 13.2 Å². The molecule has 0 amide bonds. The smallest absolute Gasteiger partial charge is 0.217 e. The summed E-state index contributed by atoms with van der Waals surface area (Å²) in [6.45, 7) is 5.85. The number of ether oxygens (including phenoxy) is 2. The summed E-state index contributed by atoms with van der Waals surface area (Å²) in [5, 5.41) is 3.65. The molecule has 1 aromatic heterocycles. The zero-order valence-electron chi connectivity index (χ0n) is 11.2. The summed E-state index contributed by atoms with van der Waals surface area (Å²) < 4.78 is 41.9. The number of aryl methyl sites for hydroxylation is 1. The Kier molecular flexibility index (Phi) is 3.95. The van der Waals surface area contributed by atoms with Gasteiger partial charge in [0.2, 0.25) is 10.0 Å². The van der Waals surface area contributed by atoms with Gasteiger partial charge in [0.05, 0.1) is 12.7 Å². The van der Waals surface area contributed by atoms with Crippen LogP contribution in [0.5, 0.6) is 0 Å². The molecule has 8 heteroatoms. The molecule has 0 saturated carbocycles. The Labute approximate surface area is 112 Å². The summed E-state index contributed by atoms with van der Waals surface area (Å²) >= 11 is 0. The molecule has 1 aliphatic rings. The number of hydrogen-bond acceptors (Lipinski definition) is 6. The average molecular weight is 290 g/mol. The predicted octanol–water partition coefficient (Wildman–Crippen LogP) is 0.554. The summed E-state index contributed by atoms with van der Waals surface area (Å²) in [6, 6.07) is 1.59. The number of sulfonamides is 1. The van der Waals surface area contributed by atoms with Crippen molar-refractivity contribution >= 4 is 10.0 Å². The van der Waals surface area contributed by atoms with Crippen LogP contribution in [-0.4, -0.2) is 38.6 Å². The van der Waals surface area contributed by atoms with Gasteiger partial charge in [-0.25, -0.2) is 13.1 Å². The average Bonchev–Trinajstić information content (AvgIpc) is 2.82. The van der Waals surface area contributed by atoms with E-state index in [0.29, 0.717) is 18.1 Å². The number of aromatic nitrogens is 1. The molecule has 0 aliphatic carbocycles. The Bertz CT molecular complexity index is 537. The van der Waals surface area contributed by atoms with E-state index in [4.69, 9.17) is 14.0 Å². The van der Waals surface area contributed by atoms with Crippen LogP contribution in [-0.2, 0) is 25.2 Å². The van der Waals surface area contributed by atoms with E-state index in [0.717, 1.165) is 0 Å². The quantitative estimate of drug-likeness (QED) is 0.852. The molecule has 0 bridgehead atoms. The van der Waals surface area contributed by atoms with E-state index < -0.39 is 15.8 Å². The highest BCUT2D eigenvalue weighted by molar-refractivity contribution is 7.88. The lowest BCUT2D eigenvalue weighted by Crippen LogP contribution is -2.35. The molecule has 2 heterocycles. The summed E-state index contributed by atoms with van der Waals surface area (Å²) in [5.41, 5.74) is 0.383. The highest BCUT2D eigenvalue weighted by atomic mass is 32.2. The third-order valence-electron chi connectivity index (χ3n) is 2.61. The standard InChI is InChI=1S/C11H18N2O5S/c1-8-4-9(13-18-8)7-19(14,15)12-5-10-6-16-11(2,3)17-10/h4,10,12H,5-7H2,1-3H3. The maximum atomic E-state index is 11.8. The minimum Gasteiger partial charge on any atom is -0.361 e. The van der Waals surface area contributed by atoms with Gasteiger partial charge in [-0.3, -0.25) is 0 Å². The fraction of sp³-hybridized carbons (Fsp3) is 0.727. The van der Waals surface area contributed by atoms with E-state index in [9.17, 15) is 8.42 Å². The molecular weight excluding hydrogens is 272 g/mol.